The van der Waals surface area contributed by atoms with Gasteiger partial charge in [-0.3, -0.25) is 9.59 Å². The molecule has 2 atom stereocenters. The van der Waals surface area contributed by atoms with E-state index in [2.05, 4.69) is 5.32 Å². The molecule has 0 aliphatic heterocycles. The van der Waals surface area contributed by atoms with Gasteiger partial charge in [0.05, 0.1) is 5.75 Å². The summed E-state index contributed by atoms with van der Waals surface area (Å²) < 4.78 is 0. The molecule has 162 valence electrons. The Morgan fingerprint density at radius 2 is 1.73 bits per heavy atom. The van der Waals surface area contributed by atoms with Crippen LogP contribution in [0.2, 0.25) is 5.02 Å². The fraction of sp³-hybridized carbons (Fsp3) is 0.417. The van der Waals surface area contributed by atoms with Crippen LogP contribution in [-0.4, -0.2) is 41.1 Å². The third-order valence-electron chi connectivity index (χ3n) is 5.09. The lowest BCUT2D eigenvalue weighted by atomic mass is 10.1. The average molecular weight is 447 g/mol. The maximum Gasteiger partial charge on any atom is 0.242 e. The van der Waals surface area contributed by atoms with Crippen molar-refractivity contribution in [2.75, 3.05) is 12.3 Å². The average Bonchev–Trinajstić information content (AvgIpc) is 2.75. The largest absolute Gasteiger partial charge is 0.352 e. The second-order valence-corrected chi connectivity index (χ2v) is 8.79. The van der Waals surface area contributed by atoms with E-state index in [0.717, 1.165) is 17.5 Å². The van der Waals surface area contributed by atoms with Gasteiger partial charge in [0, 0.05) is 23.4 Å². The number of amides is 2. The third kappa shape index (κ3) is 7.69. The minimum Gasteiger partial charge on any atom is -0.352 e. The molecule has 0 saturated carbocycles. The van der Waals surface area contributed by atoms with Crippen LogP contribution in [0.5, 0.6) is 0 Å². The fourth-order valence-corrected chi connectivity index (χ4v) is 4.18. The predicted octanol–water partition coefficient (Wildman–Crippen LogP) is 4.95. The first-order valence-corrected chi connectivity index (χ1v) is 11.9. The highest BCUT2D eigenvalue weighted by Gasteiger charge is 2.26. The van der Waals surface area contributed by atoms with Crippen molar-refractivity contribution in [3.63, 3.8) is 0 Å². The third-order valence-corrected chi connectivity index (χ3v) is 6.43. The Labute approximate surface area is 189 Å². The van der Waals surface area contributed by atoms with Crippen molar-refractivity contribution in [1.29, 1.82) is 0 Å². The summed E-state index contributed by atoms with van der Waals surface area (Å²) in [5.41, 5.74) is 2.16. The van der Waals surface area contributed by atoms with E-state index in [1.807, 2.05) is 68.4 Å². The van der Waals surface area contributed by atoms with Crippen LogP contribution in [-0.2, 0) is 21.8 Å². The number of hydrogen-bond acceptors (Lipinski definition) is 3. The quantitative estimate of drug-likeness (QED) is 0.531. The lowest BCUT2D eigenvalue weighted by Gasteiger charge is -2.29. The smallest absolute Gasteiger partial charge is 0.242 e. The molecule has 0 unspecified atom stereocenters. The predicted molar refractivity (Wildman–Crippen MR) is 127 cm³/mol. The Morgan fingerprint density at radius 3 is 2.40 bits per heavy atom. The molecule has 0 fully saturated rings. The molecule has 2 aromatic rings. The molecular formula is C24H31ClN2O2S. The Balaban J connectivity index is 2.01. The van der Waals surface area contributed by atoms with Crippen molar-refractivity contribution in [2.24, 2.45) is 0 Å². The summed E-state index contributed by atoms with van der Waals surface area (Å²) in [6, 6.07) is 17.2. The zero-order valence-corrected chi connectivity index (χ0v) is 19.5. The molecule has 4 nitrogen and oxygen atoms in total. The molecule has 0 spiro atoms. The number of hydrogen-bond donors (Lipinski definition) is 1. The molecule has 0 aliphatic rings. The molecule has 0 aliphatic carbocycles. The van der Waals surface area contributed by atoms with E-state index in [1.165, 1.54) is 11.8 Å². The van der Waals surface area contributed by atoms with Gasteiger partial charge in [-0.25, -0.2) is 0 Å². The van der Waals surface area contributed by atoms with E-state index in [4.69, 9.17) is 11.6 Å². The van der Waals surface area contributed by atoms with Gasteiger partial charge in [-0.2, -0.15) is 0 Å². The fourth-order valence-electron chi connectivity index (χ4n) is 2.98. The lowest BCUT2D eigenvalue weighted by molar-refractivity contribution is -0.138. The van der Waals surface area contributed by atoms with Gasteiger partial charge in [0.25, 0.3) is 0 Å². The van der Waals surface area contributed by atoms with E-state index in [0.29, 0.717) is 29.5 Å². The number of nitrogens with one attached hydrogen (secondary N) is 1. The van der Waals surface area contributed by atoms with Crippen molar-refractivity contribution in [1.82, 2.24) is 10.2 Å². The first-order valence-electron chi connectivity index (χ1n) is 10.4. The highest BCUT2D eigenvalue weighted by Crippen LogP contribution is 2.21. The summed E-state index contributed by atoms with van der Waals surface area (Å²) in [4.78, 5) is 27.4. The number of thioether (sulfide) groups is 1. The second kappa shape index (κ2) is 12.7. The minimum atomic E-state index is -0.517. The lowest BCUT2D eigenvalue weighted by Crippen LogP contribution is -2.51. The monoisotopic (exact) mass is 446 g/mol. The first-order chi connectivity index (χ1) is 14.4. The Morgan fingerprint density at radius 1 is 1.07 bits per heavy atom. The highest BCUT2D eigenvalue weighted by molar-refractivity contribution is 7.99. The Hall–Kier alpha value is -1.98. The van der Waals surface area contributed by atoms with E-state index >= 15 is 0 Å². The van der Waals surface area contributed by atoms with E-state index < -0.39 is 6.04 Å². The summed E-state index contributed by atoms with van der Waals surface area (Å²) in [6.07, 6.45) is 1.56. The van der Waals surface area contributed by atoms with Crippen molar-refractivity contribution in [3.05, 3.63) is 70.7 Å². The summed E-state index contributed by atoms with van der Waals surface area (Å²) in [5.74, 6) is 0.823. The molecule has 0 radical (unpaired) electrons. The topological polar surface area (TPSA) is 49.4 Å². The second-order valence-electron chi connectivity index (χ2n) is 7.40. The molecule has 2 amide bonds. The van der Waals surface area contributed by atoms with Crippen LogP contribution >= 0.6 is 23.4 Å². The SMILES string of the molecule is CC[C@H](C)NC(=O)[C@@H](C)N(CCc1ccccc1)C(=O)CSCc1ccccc1Cl. The number of carbonyl (C=O) groups is 2. The molecule has 6 heteroatoms. The van der Waals surface area contributed by atoms with Crippen molar-refractivity contribution in [3.8, 4) is 0 Å². The Bertz CT molecular complexity index is 816. The van der Waals surface area contributed by atoms with Crippen LogP contribution in [0.4, 0.5) is 0 Å². The summed E-state index contributed by atoms with van der Waals surface area (Å²) in [7, 11) is 0. The Kier molecular flexibility index (Phi) is 10.2. The summed E-state index contributed by atoms with van der Waals surface area (Å²) in [6.45, 7) is 6.31. The molecule has 0 bridgehead atoms. The maximum atomic E-state index is 13.0. The first kappa shape index (κ1) is 24.3. The summed E-state index contributed by atoms with van der Waals surface area (Å²) in [5, 5.41) is 3.70. The number of halogens is 1. The molecule has 30 heavy (non-hydrogen) atoms. The maximum absolute atomic E-state index is 13.0. The van der Waals surface area contributed by atoms with Crippen molar-refractivity contribution in [2.45, 2.75) is 51.4 Å². The van der Waals surface area contributed by atoms with Gasteiger partial charge in [0.15, 0.2) is 0 Å². The molecule has 1 N–H and O–H groups in total. The zero-order chi connectivity index (χ0) is 21.9. The van der Waals surface area contributed by atoms with Crippen LogP contribution < -0.4 is 5.32 Å². The van der Waals surface area contributed by atoms with Gasteiger partial charge in [0.1, 0.15) is 6.04 Å². The number of nitrogens with zero attached hydrogens (tertiary/aromatic N) is 1. The van der Waals surface area contributed by atoms with Gasteiger partial charge in [-0.1, -0.05) is 67.1 Å². The molecule has 0 saturated heterocycles. The standard InChI is InChI=1S/C24H31ClN2O2S/c1-4-18(2)26-24(29)19(3)27(15-14-20-10-6-5-7-11-20)23(28)17-30-16-21-12-8-9-13-22(21)25/h5-13,18-19H,4,14-17H2,1-3H3,(H,26,29)/t18-,19+/m0/s1. The summed E-state index contributed by atoms with van der Waals surface area (Å²) >= 11 is 7.73. The van der Waals surface area contributed by atoms with Gasteiger partial charge >= 0.3 is 0 Å². The van der Waals surface area contributed by atoms with Crippen LogP contribution in [0.25, 0.3) is 0 Å². The number of benzene rings is 2. The van der Waals surface area contributed by atoms with Gasteiger partial charge in [0.2, 0.25) is 11.8 Å². The molecule has 0 aromatic heterocycles. The van der Waals surface area contributed by atoms with Crippen molar-refractivity contribution >= 4 is 35.2 Å². The van der Waals surface area contributed by atoms with Crippen LogP contribution in [0.15, 0.2) is 54.6 Å². The van der Waals surface area contributed by atoms with E-state index in [-0.39, 0.29) is 17.9 Å². The minimum absolute atomic E-state index is 0.0326. The molecular weight excluding hydrogens is 416 g/mol. The van der Waals surface area contributed by atoms with E-state index in [9.17, 15) is 9.59 Å². The number of rotatable bonds is 11. The highest BCUT2D eigenvalue weighted by atomic mass is 35.5. The van der Waals surface area contributed by atoms with Crippen LogP contribution in [0.1, 0.15) is 38.3 Å². The molecule has 2 aromatic carbocycles. The van der Waals surface area contributed by atoms with Gasteiger partial charge in [-0.15, -0.1) is 11.8 Å². The number of carbonyl (C=O) groups excluding carboxylic acids is 2. The molecule has 0 heterocycles. The van der Waals surface area contributed by atoms with Gasteiger partial charge in [-0.05, 0) is 43.9 Å². The molecule has 2 rings (SSSR count). The normalized spacial score (nSPS) is 12.8. The van der Waals surface area contributed by atoms with E-state index in [1.54, 1.807) is 11.8 Å². The zero-order valence-electron chi connectivity index (χ0n) is 17.9. The van der Waals surface area contributed by atoms with Crippen LogP contribution in [0.3, 0.4) is 0 Å². The van der Waals surface area contributed by atoms with Gasteiger partial charge < -0.3 is 10.2 Å². The van der Waals surface area contributed by atoms with Crippen molar-refractivity contribution < 1.29 is 9.59 Å². The van der Waals surface area contributed by atoms with Crippen LogP contribution in [0, 0.1) is 0 Å².